The highest BCUT2D eigenvalue weighted by Crippen LogP contribution is 2.02. The predicted octanol–water partition coefficient (Wildman–Crippen LogP) is -1.03. The average Bonchev–Trinajstić information content (AvgIpc) is 2.14. The lowest BCUT2D eigenvalue weighted by atomic mass is 10.2. The molecule has 0 aromatic carbocycles. The molecule has 1 rings (SSSR count). The molecule has 3 nitrogen and oxygen atoms in total. The van der Waals surface area contributed by atoms with Crippen molar-refractivity contribution in [1.29, 1.82) is 0 Å². The third-order valence-corrected chi connectivity index (χ3v) is 1.42. The van der Waals surface area contributed by atoms with Crippen molar-refractivity contribution < 1.29 is 9.84 Å². The van der Waals surface area contributed by atoms with Crippen molar-refractivity contribution in [2.45, 2.75) is 12.1 Å². The number of rotatable bonds is 1. The summed E-state index contributed by atoms with van der Waals surface area (Å²) in [6.07, 6.45) is -0.306. The van der Waals surface area contributed by atoms with Crippen LogP contribution in [-0.2, 0) is 4.74 Å². The molecule has 0 amide bonds. The lowest BCUT2D eigenvalue weighted by Crippen LogP contribution is -2.35. The largest absolute Gasteiger partial charge is 0.389 e. The van der Waals surface area contributed by atoms with Gasteiger partial charge in [-0.15, -0.1) is 0 Å². The number of aliphatic hydroxyl groups excluding tert-OH is 1. The van der Waals surface area contributed by atoms with Gasteiger partial charge in [0.15, 0.2) is 0 Å². The van der Waals surface area contributed by atoms with E-state index in [1.54, 1.807) is 0 Å². The highest BCUT2D eigenvalue weighted by atomic mass is 16.5. The zero-order valence-electron chi connectivity index (χ0n) is 4.92. The summed E-state index contributed by atoms with van der Waals surface area (Å²) in [5, 5.41) is 11.9. The molecule has 8 heavy (non-hydrogen) atoms. The third-order valence-electron chi connectivity index (χ3n) is 1.42. The first-order valence-corrected chi connectivity index (χ1v) is 2.77. The number of nitrogens with one attached hydrogen (secondary N) is 1. The van der Waals surface area contributed by atoms with E-state index in [-0.39, 0.29) is 12.1 Å². The zero-order valence-corrected chi connectivity index (χ0v) is 4.92. The van der Waals surface area contributed by atoms with Crippen molar-refractivity contribution in [3.05, 3.63) is 0 Å². The molecular weight excluding hydrogens is 106 g/mol. The molecule has 0 spiro atoms. The fourth-order valence-electron chi connectivity index (χ4n) is 0.819. The van der Waals surface area contributed by atoms with E-state index in [0.29, 0.717) is 13.2 Å². The molecule has 0 aromatic rings. The SMILES string of the molecule is CN[C@@H]1COC[C@H]1O. The molecule has 1 aliphatic heterocycles. The fraction of sp³-hybridized carbons (Fsp3) is 1.00. The number of aliphatic hydroxyl groups is 1. The van der Waals surface area contributed by atoms with Gasteiger partial charge < -0.3 is 15.2 Å². The second-order valence-corrected chi connectivity index (χ2v) is 2.00. The highest BCUT2D eigenvalue weighted by molar-refractivity contribution is 4.78. The fourth-order valence-corrected chi connectivity index (χ4v) is 0.819. The summed E-state index contributed by atoms with van der Waals surface area (Å²) in [7, 11) is 1.82. The van der Waals surface area contributed by atoms with Crippen LogP contribution in [0.3, 0.4) is 0 Å². The Balaban J connectivity index is 2.30. The molecule has 1 fully saturated rings. The van der Waals surface area contributed by atoms with E-state index >= 15 is 0 Å². The van der Waals surface area contributed by atoms with Gasteiger partial charge >= 0.3 is 0 Å². The van der Waals surface area contributed by atoms with Gasteiger partial charge in [-0.1, -0.05) is 0 Å². The molecule has 2 atom stereocenters. The maximum Gasteiger partial charge on any atom is 0.0948 e. The number of hydrogen-bond acceptors (Lipinski definition) is 3. The normalized spacial score (nSPS) is 38.2. The molecule has 0 radical (unpaired) electrons. The lowest BCUT2D eigenvalue weighted by Gasteiger charge is -2.08. The third kappa shape index (κ3) is 0.992. The van der Waals surface area contributed by atoms with E-state index in [4.69, 9.17) is 9.84 Å². The van der Waals surface area contributed by atoms with Crippen molar-refractivity contribution >= 4 is 0 Å². The summed E-state index contributed by atoms with van der Waals surface area (Å²) in [5.74, 6) is 0. The Bertz CT molecular complexity index is 76.8. The zero-order chi connectivity index (χ0) is 5.98. The maximum atomic E-state index is 9.00. The first kappa shape index (κ1) is 6.01. The van der Waals surface area contributed by atoms with Gasteiger partial charge in [0.1, 0.15) is 0 Å². The Morgan fingerprint density at radius 3 is 2.62 bits per heavy atom. The van der Waals surface area contributed by atoms with Crippen LogP contribution in [0, 0.1) is 0 Å². The van der Waals surface area contributed by atoms with Crippen LogP contribution in [0.25, 0.3) is 0 Å². The van der Waals surface area contributed by atoms with E-state index in [0.717, 1.165) is 0 Å². The van der Waals surface area contributed by atoms with Crippen LogP contribution in [0.2, 0.25) is 0 Å². The van der Waals surface area contributed by atoms with Gasteiger partial charge in [-0.05, 0) is 7.05 Å². The van der Waals surface area contributed by atoms with Crippen LogP contribution in [-0.4, -0.2) is 37.5 Å². The van der Waals surface area contributed by atoms with Crippen LogP contribution >= 0.6 is 0 Å². The average molecular weight is 117 g/mol. The van der Waals surface area contributed by atoms with E-state index in [1.807, 2.05) is 7.05 Å². The molecule has 3 heteroatoms. The standard InChI is InChI=1S/C5H11NO2/c1-6-4-2-8-3-5(4)7/h4-7H,2-3H2,1H3/t4-,5-/m1/s1. The van der Waals surface area contributed by atoms with Gasteiger partial charge in [-0.2, -0.15) is 0 Å². The summed E-state index contributed by atoms with van der Waals surface area (Å²) in [5.41, 5.74) is 0. The summed E-state index contributed by atoms with van der Waals surface area (Å²) in [6.45, 7) is 1.11. The molecule has 0 unspecified atom stereocenters. The Morgan fingerprint density at radius 1 is 1.62 bits per heavy atom. The molecule has 0 aliphatic carbocycles. The van der Waals surface area contributed by atoms with Gasteiger partial charge in [-0.25, -0.2) is 0 Å². The van der Waals surface area contributed by atoms with Crippen molar-refractivity contribution in [2.75, 3.05) is 20.3 Å². The van der Waals surface area contributed by atoms with E-state index in [1.165, 1.54) is 0 Å². The number of ether oxygens (including phenoxy) is 1. The van der Waals surface area contributed by atoms with Gasteiger partial charge in [0, 0.05) is 0 Å². The van der Waals surface area contributed by atoms with Crippen LogP contribution in [0.15, 0.2) is 0 Å². The van der Waals surface area contributed by atoms with Gasteiger partial charge in [0.25, 0.3) is 0 Å². The van der Waals surface area contributed by atoms with Crippen LogP contribution in [0.4, 0.5) is 0 Å². The minimum Gasteiger partial charge on any atom is -0.389 e. The Hall–Kier alpha value is -0.120. The van der Waals surface area contributed by atoms with Gasteiger partial charge in [-0.3, -0.25) is 0 Å². The second kappa shape index (κ2) is 2.44. The van der Waals surface area contributed by atoms with Crippen LogP contribution in [0.1, 0.15) is 0 Å². The Kier molecular flexibility index (Phi) is 1.83. The summed E-state index contributed by atoms with van der Waals surface area (Å²) in [6, 6.07) is 0.148. The second-order valence-electron chi connectivity index (χ2n) is 2.00. The van der Waals surface area contributed by atoms with Gasteiger partial charge in [0.05, 0.1) is 25.4 Å². The highest BCUT2D eigenvalue weighted by Gasteiger charge is 2.23. The summed E-state index contributed by atoms with van der Waals surface area (Å²) < 4.78 is 4.95. The molecule has 1 aliphatic rings. The maximum absolute atomic E-state index is 9.00. The van der Waals surface area contributed by atoms with Crippen LogP contribution in [0.5, 0.6) is 0 Å². The lowest BCUT2D eigenvalue weighted by molar-refractivity contribution is 0.123. The van der Waals surface area contributed by atoms with Gasteiger partial charge in [0.2, 0.25) is 0 Å². The molecule has 0 saturated carbocycles. The van der Waals surface area contributed by atoms with Crippen LogP contribution < -0.4 is 5.32 Å². The quantitative estimate of drug-likeness (QED) is 0.461. The van der Waals surface area contributed by atoms with E-state index in [2.05, 4.69) is 5.32 Å². The summed E-state index contributed by atoms with van der Waals surface area (Å²) >= 11 is 0. The first-order valence-electron chi connectivity index (χ1n) is 2.77. The molecule has 0 aromatic heterocycles. The first-order chi connectivity index (χ1) is 3.84. The molecule has 48 valence electrons. The number of likely N-dealkylation sites (N-methyl/N-ethyl adjacent to an activating group) is 1. The summed E-state index contributed by atoms with van der Waals surface area (Å²) in [4.78, 5) is 0. The molecular formula is C5H11NO2. The monoisotopic (exact) mass is 117 g/mol. The minimum atomic E-state index is -0.306. The molecule has 1 heterocycles. The van der Waals surface area contributed by atoms with E-state index in [9.17, 15) is 0 Å². The molecule has 1 saturated heterocycles. The Morgan fingerprint density at radius 2 is 2.38 bits per heavy atom. The van der Waals surface area contributed by atoms with Crippen molar-refractivity contribution in [2.24, 2.45) is 0 Å². The van der Waals surface area contributed by atoms with Crippen molar-refractivity contribution in [1.82, 2.24) is 5.32 Å². The Labute approximate surface area is 48.7 Å². The molecule has 2 N–H and O–H groups in total. The predicted molar refractivity (Wildman–Crippen MR) is 29.7 cm³/mol. The topological polar surface area (TPSA) is 41.5 Å². The minimum absolute atomic E-state index is 0.148. The smallest absolute Gasteiger partial charge is 0.0948 e. The number of hydrogen-bond donors (Lipinski definition) is 2. The van der Waals surface area contributed by atoms with Crippen molar-refractivity contribution in [3.8, 4) is 0 Å². The van der Waals surface area contributed by atoms with E-state index < -0.39 is 0 Å². The molecule has 0 bridgehead atoms. The van der Waals surface area contributed by atoms with Crippen molar-refractivity contribution in [3.63, 3.8) is 0 Å².